The maximum absolute atomic E-state index is 12.7. The molecule has 0 saturated carbocycles. The van der Waals surface area contributed by atoms with Crippen molar-refractivity contribution in [2.24, 2.45) is 0 Å². The number of hydrogen-bond donors (Lipinski definition) is 0. The fourth-order valence-corrected chi connectivity index (χ4v) is 2.74. The minimum Gasteiger partial charge on any atom is -0.492 e. The molecule has 4 heteroatoms. The van der Waals surface area contributed by atoms with Gasteiger partial charge in [-0.05, 0) is 42.0 Å². The summed E-state index contributed by atoms with van der Waals surface area (Å²) in [7, 11) is 0. The minimum absolute atomic E-state index is 0.0256. The Morgan fingerprint density at radius 1 is 1.23 bits per heavy atom. The van der Waals surface area contributed by atoms with Gasteiger partial charge in [0.15, 0.2) is 5.78 Å². The number of rotatable bonds is 1. The van der Waals surface area contributed by atoms with Crippen molar-refractivity contribution in [3.05, 3.63) is 69.2 Å². The van der Waals surface area contributed by atoms with Crippen LogP contribution in [-0.4, -0.2) is 12.4 Å². The minimum atomic E-state index is -0.0256. The van der Waals surface area contributed by atoms with Crippen LogP contribution in [0.25, 0.3) is 6.08 Å². The smallest absolute Gasteiger partial charge is 0.192 e. The monoisotopic (exact) mass is 353 g/mol. The zero-order valence-electron chi connectivity index (χ0n) is 11.7. The first-order valence-corrected chi connectivity index (χ1v) is 7.64. The molecule has 2 aromatic carbocycles. The molecule has 1 heterocycles. The molecule has 1 aliphatic rings. The van der Waals surface area contributed by atoms with E-state index in [0.717, 1.165) is 10.0 Å². The molecule has 0 atom stereocenters. The molecule has 108 valence electrons. The van der Waals surface area contributed by atoms with Gasteiger partial charge in [-0.2, -0.15) is 5.26 Å². The van der Waals surface area contributed by atoms with E-state index in [1.54, 1.807) is 18.2 Å². The molecule has 0 bridgehead atoms. The Balaban J connectivity index is 2.01. The third kappa shape index (κ3) is 2.95. The van der Waals surface area contributed by atoms with Gasteiger partial charge in [-0.1, -0.05) is 28.1 Å². The summed E-state index contributed by atoms with van der Waals surface area (Å²) < 4.78 is 6.55. The van der Waals surface area contributed by atoms with Gasteiger partial charge in [0, 0.05) is 16.5 Å². The second-order valence-electron chi connectivity index (χ2n) is 4.97. The van der Waals surface area contributed by atoms with Crippen molar-refractivity contribution in [1.82, 2.24) is 0 Å². The van der Waals surface area contributed by atoms with E-state index in [1.165, 1.54) is 0 Å². The molecule has 2 aromatic rings. The van der Waals surface area contributed by atoms with E-state index in [-0.39, 0.29) is 5.78 Å². The number of nitrogens with zero attached hydrogens (tertiary/aromatic N) is 1. The van der Waals surface area contributed by atoms with Crippen molar-refractivity contribution in [1.29, 1.82) is 5.26 Å². The summed E-state index contributed by atoms with van der Waals surface area (Å²) >= 11 is 3.38. The summed E-state index contributed by atoms with van der Waals surface area (Å²) in [6, 6.07) is 14.7. The van der Waals surface area contributed by atoms with Gasteiger partial charge in [0.25, 0.3) is 0 Å². The lowest BCUT2D eigenvalue weighted by molar-refractivity contribution is 0.103. The molecule has 3 rings (SSSR count). The molecule has 0 saturated heterocycles. The number of ketones is 1. The van der Waals surface area contributed by atoms with Crippen molar-refractivity contribution in [3.8, 4) is 11.8 Å². The van der Waals surface area contributed by atoms with Crippen LogP contribution in [0.1, 0.15) is 27.9 Å². The van der Waals surface area contributed by atoms with Gasteiger partial charge in [0.1, 0.15) is 5.75 Å². The lowest BCUT2D eigenvalue weighted by atomic mass is 9.98. The summed E-state index contributed by atoms with van der Waals surface area (Å²) in [4.78, 5) is 12.7. The Hall–Kier alpha value is -2.38. The molecule has 0 N–H and O–H groups in total. The number of halogens is 1. The summed E-state index contributed by atoms with van der Waals surface area (Å²) in [6.07, 6.45) is 2.38. The van der Waals surface area contributed by atoms with E-state index >= 15 is 0 Å². The molecule has 22 heavy (non-hydrogen) atoms. The Morgan fingerprint density at radius 2 is 2.09 bits per heavy atom. The molecule has 3 nitrogen and oxygen atoms in total. The van der Waals surface area contributed by atoms with Crippen LogP contribution in [0.5, 0.6) is 5.75 Å². The quantitative estimate of drug-likeness (QED) is 0.715. The van der Waals surface area contributed by atoms with E-state index in [1.807, 2.05) is 30.3 Å². The highest BCUT2D eigenvalue weighted by atomic mass is 79.9. The van der Waals surface area contributed by atoms with Crippen LogP contribution in [0, 0.1) is 11.3 Å². The SMILES string of the molecule is N#Cc1cccc(C=C2CCOc3cc(Br)ccc3C2=O)c1. The fourth-order valence-electron chi connectivity index (χ4n) is 2.40. The summed E-state index contributed by atoms with van der Waals surface area (Å²) in [6.45, 7) is 0.457. The van der Waals surface area contributed by atoms with Crippen molar-refractivity contribution in [2.75, 3.05) is 6.61 Å². The predicted octanol–water partition coefficient (Wildman–Crippen LogP) is 4.37. The van der Waals surface area contributed by atoms with Gasteiger partial charge < -0.3 is 4.74 Å². The zero-order valence-corrected chi connectivity index (χ0v) is 13.3. The van der Waals surface area contributed by atoms with E-state index in [0.29, 0.717) is 35.5 Å². The van der Waals surface area contributed by atoms with Crippen LogP contribution in [0.2, 0.25) is 0 Å². The number of Topliss-reactive ketones (excluding diaryl/α,β-unsaturated/α-hetero) is 1. The molecule has 0 unspecified atom stereocenters. The van der Waals surface area contributed by atoms with Gasteiger partial charge in [0.2, 0.25) is 0 Å². The van der Waals surface area contributed by atoms with Crippen LogP contribution in [-0.2, 0) is 0 Å². The number of carbonyl (C=O) groups excluding carboxylic acids is 1. The van der Waals surface area contributed by atoms with Gasteiger partial charge in [-0.15, -0.1) is 0 Å². The highest BCUT2D eigenvalue weighted by Crippen LogP contribution is 2.30. The fraction of sp³-hybridized carbons (Fsp3) is 0.111. The largest absolute Gasteiger partial charge is 0.492 e. The maximum atomic E-state index is 12.7. The topological polar surface area (TPSA) is 50.1 Å². The number of fused-ring (bicyclic) bond motifs is 1. The lowest BCUT2D eigenvalue weighted by Gasteiger charge is -2.05. The first-order valence-electron chi connectivity index (χ1n) is 6.85. The first-order chi connectivity index (χ1) is 10.7. The van der Waals surface area contributed by atoms with Crippen LogP contribution in [0.3, 0.4) is 0 Å². The second kappa shape index (κ2) is 6.17. The Bertz CT molecular complexity index is 818. The molecule has 0 radical (unpaired) electrons. The van der Waals surface area contributed by atoms with Crippen LogP contribution >= 0.6 is 15.9 Å². The van der Waals surface area contributed by atoms with Crippen molar-refractivity contribution < 1.29 is 9.53 Å². The average molecular weight is 354 g/mol. The molecular weight excluding hydrogens is 342 g/mol. The lowest BCUT2D eigenvalue weighted by Crippen LogP contribution is -2.02. The Kier molecular flexibility index (Phi) is 4.08. The summed E-state index contributed by atoms with van der Waals surface area (Å²) in [5, 5.41) is 8.96. The third-order valence-corrected chi connectivity index (χ3v) is 3.96. The maximum Gasteiger partial charge on any atom is 0.192 e. The molecular formula is C18H12BrNO2. The average Bonchev–Trinajstić information content (AvgIpc) is 2.67. The van der Waals surface area contributed by atoms with E-state index in [9.17, 15) is 4.79 Å². The molecule has 0 amide bonds. The predicted molar refractivity (Wildman–Crippen MR) is 87.7 cm³/mol. The van der Waals surface area contributed by atoms with E-state index in [2.05, 4.69) is 22.0 Å². The molecule has 0 spiro atoms. The van der Waals surface area contributed by atoms with Crippen LogP contribution < -0.4 is 4.74 Å². The van der Waals surface area contributed by atoms with Crippen molar-refractivity contribution in [2.45, 2.75) is 6.42 Å². The van der Waals surface area contributed by atoms with Gasteiger partial charge >= 0.3 is 0 Å². The molecule has 0 aliphatic carbocycles. The van der Waals surface area contributed by atoms with E-state index < -0.39 is 0 Å². The second-order valence-corrected chi connectivity index (χ2v) is 5.89. The number of nitriles is 1. The summed E-state index contributed by atoms with van der Waals surface area (Å²) in [5.74, 6) is 0.580. The number of hydrogen-bond acceptors (Lipinski definition) is 3. The molecule has 0 aromatic heterocycles. The van der Waals surface area contributed by atoms with Gasteiger partial charge in [0.05, 0.1) is 23.8 Å². The van der Waals surface area contributed by atoms with Crippen molar-refractivity contribution >= 4 is 27.8 Å². The van der Waals surface area contributed by atoms with Crippen LogP contribution in [0.15, 0.2) is 52.5 Å². The van der Waals surface area contributed by atoms with Crippen LogP contribution in [0.4, 0.5) is 0 Å². The Morgan fingerprint density at radius 3 is 2.91 bits per heavy atom. The highest BCUT2D eigenvalue weighted by Gasteiger charge is 2.21. The standard InChI is InChI=1S/C18H12BrNO2/c19-15-4-5-16-17(10-15)22-7-6-14(18(16)21)9-12-2-1-3-13(8-12)11-20/h1-5,8-10H,6-7H2. The van der Waals surface area contributed by atoms with Crippen molar-refractivity contribution in [3.63, 3.8) is 0 Å². The Labute approximate surface area is 137 Å². The number of carbonyl (C=O) groups is 1. The van der Waals surface area contributed by atoms with Gasteiger partial charge in [-0.3, -0.25) is 4.79 Å². The molecule has 0 fully saturated rings. The normalized spacial score (nSPS) is 15.6. The van der Waals surface area contributed by atoms with Gasteiger partial charge in [-0.25, -0.2) is 0 Å². The molecule has 1 aliphatic heterocycles. The highest BCUT2D eigenvalue weighted by molar-refractivity contribution is 9.10. The zero-order chi connectivity index (χ0) is 15.5. The first kappa shape index (κ1) is 14.6. The third-order valence-electron chi connectivity index (χ3n) is 3.47. The van der Waals surface area contributed by atoms with E-state index in [4.69, 9.17) is 10.00 Å². The number of benzene rings is 2. The number of ether oxygens (including phenoxy) is 1. The summed E-state index contributed by atoms with van der Waals surface area (Å²) in [5.41, 5.74) is 2.69.